The Kier molecular flexibility index (Phi) is 3.17. The molecule has 0 aliphatic carbocycles. The van der Waals surface area contributed by atoms with E-state index >= 15 is 0 Å². The number of rotatable bonds is 4. The summed E-state index contributed by atoms with van der Waals surface area (Å²) in [4.78, 5) is 33.8. The number of esters is 1. The van der Waals surface area contributed by atoms with Crippen LogP contribution >= 0.6 is 0 Å². The second-order valence-electron chi connectivity index (χ2n) is 2.57. The standard InChI is InChI=1S/C9H9NO4/c1-2-14-9(13)5-6-10-7(11)3-4-8(10)12/h2-4H,1,5-6H2. The van der Waals surface area contributed by atoms with Crippen LogP contribution in [0.2, 0.25) is 0 Å². The minimum Gasteiger partial charge on any atom is -0.435 e. The minimum atomic E-state index is -0.521. The first-order valence-electron chi connectivity index (χ1n) is 3.99. The molecule has 0 N–H and O–H groups in total. The van der Waals surface area contributed by atoms with E-state index in [9.17, 15) is 14.4 Å². The highest BCUT2D eigenvalue weighted by atomic mass is 16.5. The van der Waals surface area contributed by atoms with Crippen LogP contribution in [0.4, 0.5) is 0 Å². The van der Waals surface area contributed by atoms with E-state index in [0.29, 0.717) is 0 Å². The van der Waals surface area contributed by atoms with E-state index in [1.54, 1.807) is 0 Å². The molecule has 1 aliphatic heterocycles. The summed E-state index contributed by atoms with van der Waals surface area (Å²) in [6.07, 6.45) is 3.32. The molecule has 0 saturated heterocycles. The van der Waals surface area contributed by atoms with Crippen molar-refractivity contribution < 1.29 is 19.1 Å². The van der Waals surface area contributed by atoms with Gasteiger partial charge in [0.15, 0.2) is 0 Å². The Morgan fingerprint density at radius 3 is 2.50 bits per heavy atom. The fraction of sp³-hybridized carbons (Fsp3) is 0.222. The number of hydrogen-bond donors (Lipinski definition) is 0. The van der Waals surface area contributed by atoms with Crippen LogP contribution in [0.1, 0.15) is 6.42 Å². The van der Waals surface area contributed by atoms with Crippen LogP contribution in [0.3, 0.4) is 0 Å². The first-order valence-corrected chi connectivity index (χ1v) is 3.99. The molecule has 0 radical (unpaired) electrons. The van der Waals surface area contributed by atoms with Gasteiger partial charge in [0.2, 0.25) is 0 Å². The topological polar surface area (TPSA) is 63.7 Å². The van der Waals surface area contributed by atoms with Crippen molar-refractivity contribution in [1.82, 2.24) is 4.90 Å². The molecule has 1 heterocycles. The third-order valence-corrected chi connectivity index (χ3v) is 1.65. The molecule has 0 aromatic heterocycles. The van der Waals surface area contributed by atoms with Gasteiger partial charge in [0.05, 0.1) is 12.7 Å². The maximum atomic E-state index is 11.0. The average Bonchev–Trinajstić information content (AvgIpc) is 2.44. The quantitative estimate of drug-likeness (QED) is 0.359. The van der Waals surface area contributed by atoms with Crippen LogP contribution in [0.15, 0.2) is 25.0 Å². The van der Waals surface area contributed by atoms with E-state index < -0.39 is 17.8 Å². The van der Waals surface area contributed by atoms with E-state index in [1.807, 2.05) is 0 Å². The maximum absolute atomic E-state index is 11.0. The minimum absolute atomic E-state index is 0.0226. The normalized spacial score (nSPS) is 14.7. The van der Waals surface area contributed by atoms with Gasteiger partial charge in [0.25, 0.3) is 11.8 Å². The lowest BCUT2D eigenvalue weighted by atomic mass is 10.4. The van der Waals surface area contributed by atoms with Crippen LogP contribution in [-0.2, 0) is 19.1 Å². The highest BCUT2D eigenvalue weighted by Gasteiger charge is 2.23. The number of nitrogens with zero attached hydrogens (tertiary/aromatic N) is 1. The Bertz CT molecular complexity index is 301. The van der Waals surface area contributed by atoms with Crippen molar-refractivity contribution >= 4 is 17.8 Å². The van der Waals surface area contributed by atoms with Crippen molar-refractivity contribution in [3.8, 4) is 0 Å². The molecule has 0 bridgehead atoms. The molecule has 5 heteroatoms. The Hall–Kier alpha value is -1.91. The van der Waals surface area contributed by atoms with Gasteiger partial charge in [-0.2, -0.15) is 0 Å². The summed E-state index contributed by atoms with van der Waals surface area (Å²) < 4.78 is 4.43. The van der Waals surface area contributed by atoms with Crippen molar-refractivity contribution in [1.29, 1.82) is 0 Å². The second-order valence-corrected chi connectivity index (χ2v) is 2.57. The molecule has 0 atom stereocenters. The number of carbonyl (C=O) groups excluding carboxylic acids is 3. The Morgan fingerprint density at radius 2 is 2.00 bits per heavy atom. The third kappa shape index (κ3) is 2.29. The highest BCUT2D eigenvalue weighted by molar-refractivity contribution is 6.12. The molecule has 1 aliphatic rings. The van der Waals surface area contributed by atoms with Gasteiger partial charge in [0.1, 0.15) is 0 Å². The molecule has 0 unspecified atom stereocenters. The Balaban J connectivity index is 2.39. The zero-order chi connectivity index (χ0) is 10.6. The average molecular weight is 195 g/mol. The zero-order valence-corrected chi connectivity index (χ0v) is 7.43. The van der Waals surface area contributed by atoms with Gasteiger partial charge >= 0.3 is 5.97 Å². The lowest BCUT2D eigenvalue weighted by Crippen LogP contribution is -2.32. The molecule has 0 saturated carbocycles. The highest BCUT2D eigenvalue weighted by Crippen LogP contribution is 2.04. The van der Waals surface area contributed by atoms with Crippen LogP contribution in [0.5, 0.6) is 0 Å². The first-order chi connectivity index (χ1) is 6.65. The third-order valence-electron chi connectivity index (χ3n) is 1.65. The molecular weight excluding hydrogens is 186 g/mol. The van der Waals surface area contributed by atoms with Crippen molar-refractivity contribution in [3.05, 3.63) is 25.0 Å². The summed E-state index contributed by atoms with van der Waals surface area (Å²) in [5.41, 5.74) is 0. The van der Waals surface area contributed by atoms with Gasteiger partial charge in [-0.25, -0.2) is 0 Å². The van der Waals surface area contributed by atoms with Gasteiger partial charge in [-0.15, -0.1) is 0 Å². The number of amides is 2. The van der Waals surface area contributed by atoms with Gasteiger partial charge < -0.3 is 4.74 Å². The fourth-order valence-corrected chi connectivity index (χ4v) is 1.01. The molecule has 0 aromatic carbocycles. The number of hydrogen-bond acceptors (Lipinski definition) is 4. The molecule has 0 fully saturated rings. The smallest absolute Gasteiger partial charge is 0.312 e. The van der Waals surface area contributed by atoms with Crippen LogP contribution in [0.25, 0.3) is 0 Å². The van der Waals surface area contributed by atoms with Gasteiger partial charge in [-0.1, -0.05) is 6.58 Å². The summed E-state index contributed by atoms with van der Waals surface area (Å²) >= 11 is 0. The zero-order valence-electron chi connectivity index (χ0n) is 7.43. The number of imide groups is 1. The molecule has 1 rings (SSSR count). The molecule has 74 valence electrons. The fourth-order valence-electron chi connectivity index (χ4n) is 1.01. The summed E-state index contributed by atoms with van der Waals surface area (Å²) in [6.45, 7) is 3.25. The predicted octanol–water partition coefficient (Wildman–Crippen LogP) is -0.0118. The Labute approximate surface area is 80.6 Å². The summed E-state index contributed by atoms with van der Waals surface area (Å²) in [7, 11) is 0. The summed E-state index contributed by atoms with van der Waals surface area (Å²) in [5.74, 6) is -1.32. The van der Waals surface area contributed by atoms with Crippen LogP contribution in [0, 0.1) is 0 Å². The van der Waals surface area contributed by atoms with Crippen molar-refractivity contribution in [2.24, 2.45) is 0 Å². The van der Waals surface area contributed by atoms with Gasteiger partial charge in [-0.3, -0.25) is 19.3 Å². The Morgan fingerprint density at radius 1 is 1.43 bits per heavy atom. The number of carbonyl (C=O) groups is 3. The largest absolute Gasteiger partial charge is 0.435 e. The van der Waals surface area contributed by atoms with Gasteiger partial charge in [0, 0.05) is 18.7 Å². The van der Waals surface area contributed by atoms with Crippen molar-refractivity contribution in [2.75, 3.05) is 6.54 Å². The maximum Gasteiger partial charge on any atom is 0.312 e. The van der Waals surface area contributed by atoms with E-state index in [1.165, 1.54) is 12.2 Å². The van der Waals surface area contributed by atoms with Crippen molar-refractivity contribution in [3.63, 3.8) is 0 Å². The van der Waals surface area contributed by atoms with E-state index in [2.05, 4.69) is 11.3 Å². The monoisotopic (exact) mass is 195 g/mol. The van der Waals surface area contributed by atoms with Crippen LogP contribution < -0.4 is 0 Å². The molecule has 14 heavy (non-hydrogen) atoms. The first kappa shape index (κ1) is 10.2. The predicted molar refractivity (Wildman–Crippen MR) is 46.8 cm³/mol. The van der Waals surface area contributed by atoms with Crippen molar-refractivity contribution in [2.45, 2.75) is 6.42 Å². The lowest BCUT2D eigenvalue weighted by Gasteiger charge is -2.11. The molecule has 0 spiro atoms. The molecular formula is C9H9NO4. The summed E-state index contributed by atoms with van der Waals surface area (Å²) in [6, 6.07) is 0. The summed E-state index contributed by atoms with van der Waals surface area (Å²) in [5, 5.41) is 0. The van der Waals surface area contributed by atoms with E-state index in [-0.39, 0.29) is 13.0 Å². The van der Waals surface area contributed by atoms with Gasteiger partial charge in [-0.05, 0) is 0 Å². The molecule has 0 aromatic rings. The molecule has 5 nitrogen and oxygen atoms in total. The number of ether oxygens (including phenoxy) is 1. The molecule has 2 amide bonds. The van der Waals surface area contributed by atoms with E-state index in [0.717, 1.165) is 11.2 Å². The lowest BCUT2D eigenvalue weighted by molar-refractivity contribution is -0.140. The van der Waals surface area contributed by atoms with E-state index in [4.69, 9.17) is 0 Å². The SMILES string of the molecule is C=COC(=O)CCN1C(=O)C=CC1=O. The van der Waals surface area contributed by atoms with Crippen LogP contribution in [-0.4, -0.2) is 29.2 Å². The second kappa shape index (κ2) is 4.36.